The van der Waals surface area contributed by atoms with Gasteiger partial charge in [-0.3, -0.25) is 0 Å². The van der Waals surface area contributed by atoms with E-state index < -0.39 is 0 Å². The Balaban J connectivity index is 2.10. The summed E-state index contributed by atoms with van der Waals surface area (Å²) in [6.07, 6.45) is 2.31. The van der Waals surface area contributed by atoms with Gasteiger partial charge < -0.3 is 10.6 Å². The van der Waals surface area contributed by atoms with Crippen molar-refractivity contribution >= 4 is 17.3 Å². The fraction of sp³-hybridized carbons (Fsp3) is 0.417. The number of piperidine rings is 1. The van der Waals surface area contributed by atoms with E-state index >= 15 is 0 Å². The minimum Gasteiger partial charge on any atom is -0.380 e. The van der Waals surface area contributed by atoms with Crippen molar-refractivity contribution in [1.29, 1.82) is 5.26 Å². The van der Waals surface area contributed by atoms with E-state index in [2.05, 4.69) is 16.7 Å². The van der Waals surface area contributed by atoms with Gasteiger partial charge in [-0.25, -0.2) is 0 Å². The maximum atomic E-state index is 8.83. The molecule has 0 saturated carbocycles. The van der Waals surface area contributed by atoms with Crippen LogP contribution in [0.25, 0.3) is 0 Å². The molecular formula is C12H14ClN3. The van der Waals surface area contributed by atoms with Gasteiger partial charge in [0, 0.05) is 12.6 Å². The van der Waals surface area contributed by atoms with Crippen LogP contribution in [0.3, 0.4) is 0 Å². The fourth-order valence-electron chi connectivity index (χ4n) is 1.90. The Labute approximate surface area is 100 Å². The normalized spacial score (nSPS) is 20.1. The first-order chi connectivity index (χ1) is 7.79. The van der Waals surface area contributed by atoms with Gasteiger partial charge in [0.15, 0.2) is 0 Å². The maximum absolute atomic E-state index is 8.83. The Morgan fingerprint density at radius 2 is 2.38 bits per heavy atom. The molecule has 0 aliphatic carbocycles. The van der Waals surface area contributed by atoms with Crippen LogP contribution in [0.5, 0.6) is 0 Å². The van der Waals surface area contributed by atoms with Crippen molar-refractivity contribution in [1.82, 2.24) is 5.32 Å². The van der Waals surface area contributed by atoms with Crippen LogP contribution < -0.4 is 10.6 Å². The number of benzene rings is 1. The molecule has 1 fully saturated rings. The van der Waals surface area contributed by atoms with Gasteiger partial charge in [-0.1, -0.05) is 11.6 Å². The summed E-state index contributed by atoms with van der Waals surface area (Å²) in [6, 6.07) is 7.81. The van der Waals surface area contributed by atoms with Gasteiger partial charge in [-0.15, -0.1) is 0 Å². The Morgan fingerprint density at radius 1 is 1.50 bits per heavy atom. The molecule has 1 atom stereocenters. The third kappa shape index (κ3) is 2.66. The van der Waals surface area contributed by atoms with Gasteiger partial charge in [-0.2, -0.15) is 5.26 Å². The second-order valence-electron chi connectivity index (χ2n) is 3.99. The van der Waals surface area contributed by atoms with Crippen molar-refractivity contribution in [3.05, 3.63) is 28.8 Å². The highest BCUT2D eigenvalue weighted by molar-refractivity contribution is 6.33. The standard InChI is InChI=1S/C12H14ClN3/c13-11-4-3-9(7-14)6-12(11)16-10-2-1-5-15-8-10/h3-4,6,10,15-16H,1-2,5,8H2. The van der Waals surface area contributed by atoms with Crippen molar-refractivity contribution in [3.63, 3.8) is 0 Å². The summed E-state index contributed by atoms with van der Waals surface area (Å²) in [5.41, 5.74) is 1.49. The first kappa shape index (κ1) is 11.3. The number of rotatable bonds is 2. The lowest BCUT2D eigenvalue weighted by Crippen LogP contribution is -2.38. The molecule has 3 nitrogen and oxygen atoms in total. The van der Waals surface area contributed by atoms with Crippen LogP contribution in [0.2, 0.25) is 5.02 Å². The molecule has 0 amide bonds. The van der Waals surface area contributed by atoms with Crippen molar-refractivity contribution in [3.8, 4) is 6.07 Å². The predicted octanol–water partition coefficient (Wildman–Crippen LogP) is 2.38. The first-order valence-electron chi connectivity index (χ1n) is 5.46. The summed E-state index contributed by atoms with van der Waals surface area (Å²) >= 11 is 6.08. The van der Waals surface area contributed by atoms with Crippen LogP contribution in [0.4, 0.5) is 5.69 Å². The first-order valence-corrected chi connectivity index (χ1v) is 5.84. The molecule has 0 spiro atoms. The highest BCUT2D eigenvalue weighted by atomic mass is 35.5. The number of nitrogens with zero attached hydrogens (tertiary/aromatic N) is 1. The fourth-order valence-corrected chi connectivity index (χ4v) is 2.07. The van der Waals surface area contributed by atoms with E-state index in [1.165, 1.54) is 6.42 Å². The van der Waals surface area contributed by atoms with Crippen LogP contribution in [0.15, 0.2) is 18.2 Å². The zero-order valence-corrected chi connectivity index (χ0v) is 9.72. The molecule has 1 unspecified atom stereocenters. The van der Waals surface area contributed by atoms with Crippen LogP contribution in [-0.4, -0.2) is 19.1 Å². The van der Waals surface area contributed by atoms with Crippen LogP contribution >= 0.6 is 11.6 Å². The quantitative estimate of drug-likeness (QED) is 0.828. The molecule has 1 aromatic rings. The Hall–Kier alpha value is -1.24. The number of anilines is 1. The van der Waals surface area contributed by atoms with Crippen molar-refractivity contribution in [2.24, 2.45) is 0 Å². The van der Waals surface area contributed by atoms with Gasteiger partial charge in [0.2, 0.25) is 0 Å². The van der Waals surface area contributed by atoms with Crippen LogP contribution in [-0.2, 0) is 0 Å². The third-order valence-electron chi connectivity index (χ3n) is 2.75. The number of nitriles is 1. The molecule has 1 heterocycles. The molecule has 0 aromatic heterocycles. The summed E-state index contributed by atoms with van der Waals surface area (Å²) < 4.78 is 0. The van der Waals surface area contributed by atoms with E-state index in [-0.39, 0.29) is 0 Å². The van der Waals surface area contributed by atoms with Gasteiger partial charge in [0.1, 0.15) is 0 Å². The second kappa shape index (κ2) is 5.20. The SMILES string of the molecule is N#Cc1ccc(Cl)c(NC2CCCNC2)c1. The summed E-state index contributed by atoms with van der Waals surface area (Å²) in [7, 11) is 0. The lowest BCUT2D eigenvalue weighted by Gasteiger charge is -2.25. The van der Waals surface area contributed by atoms with E-state index in [0.717, 1.165) is 25.2 Å². The molecule has 1 aliphatic heterocycles. The summed E-state index contributed by atoms with van der Waals surface area (Å²) in [6.45, 7) is 2.04. The summed E-state index contributed by atoms with van der Waals surface area (Å²) in [4.78, 5) is 0. The number of hydrogen-bond donors (Lipinski definition) is 2. The Morgan fingerprint density at radius 3 is 3.06 bits per heavy atom. The number of halogens is 1. The highest BCUT2D eigenvalue weighted by Gasteiger charge is 2.13. The van der Waals surface area contributed by atoms with Crippen molar-refractivity contribution in [2.75, 3.05) is 18.4 Å². The second-order valence-corrected chi connectivity index (χ2v) is 4.40. The number of hydrogen-bond acceptors (Lipinski definition) is 3. The minimum absolute atomic E-state index is 0.403. The van der Waals surface area contributed by atoms with E-state index in [1.54, 1.807) is 18.2 Å². The van der Waals surface area contributed by atoms with E-state index in [1.807, 2.05) is 0 Å². The molecule has 4 heteroatoms. The third-order valence-corrected chi connectivity index (χ3v) is 3.08. The molecule has 1 aliphatic rings. The zero-order valence-electron chi connectivity index (χ0n) is 8.96. The lowest BCUT2D eigenvalue weighted by atomic mass is 10.1. The molecule has 2 N–H and O–H groups in total. The lowest BCUT2D eigenvalue weighted by molar-refractivity contribution is 0.480. The monoisotopic (exact) mass is 235 g/mol. The Bertz CT molecular complexity index is 405. The average molecular weight is 236 g/mol. The summed E-state index contributed by atoms with van der Waals surface area (Å²) in [5, 5.41) is 16.2. The largest absolute Gasteiger partial charge is 0.380 e. The van der Waals surface area contributed by atoms with Gasteiger partial charge in [0.25, 0.3) is 0 Å². The number of nitrogens with one attached hydrogen (secondary N) is 2. The minimum atomic E-state index is 0.403. The predicted molar refractivity (Wildman–Crippen MR) is 65.7 cm³/mol. The molecule has 84 valence electrons. The van der Waals surface area contributed by atoms with E-state index in [0.29, 0.717) is 16.6 Å². The van der Waals surface area contributed by atoms with Crippen LogP contribution in [0, 0.1) is 11.3 Å². The molecule has 2 rings (SSSR count). The zero-order chi connectivity index (χ0) is 11.4. The molecular weight excluding hydrogens is 222 g/mol. The summed E-state index contributed by atoms with van der Waals surface area (Å²) in [5.74, 6) is 0. The average Bonchev–Trinajstić information content (AvgIpc) is 2.33. The van der Waals surface area contributed by atoms with E-state index in [9.17, 15) is 0 Å². The van der Waals surface area contributed by atoms with Gasteiger partial charge >= 0.3 is 0 Å². The molecule has 1 aromatic carbocycles. The van der Waals surface area contributed by atoms with Crippen molar-refractivity contribution < 1.29 is 0 Å². The van der Waals surface area contributed by atoms with Crippen LogP contribution in [0.1, 0.15) is 18.4 Å². The van der Waals surface area contributed by atoms with Gasteiger partial charge in [0.05, 0.1) is 22.3 Å². The molecule has 16 heavy (non-hydrogen) atoms. The van der Waals surface area contributed by atoms with Gasteiger partial charge in [-0.05, 0) is 37.6 Å². The maximum Gasteiger partial charge on any atom is 0.0992 e. The van der Waals surface area contributed by atoms with E-state index in [4.69, 9.17) is 16.9 Å². The van der Waals surface area contributed by atoms with Crippen molar-refractivity contribution in [2.45, 2.75) is 18.9 Å². The molecule has 1 saturated heterocycles. The Kier molecular flexibility index (Phi) is 3.66. The topological polar surface area (TPSA) is 47.9 Å². The molecule has 0 radical (unpaired) electrons. The molecule has 0 bridgehead atoms. The smallest absolute Gasteiger partial charge is 0.0992 e. The highest BCUT2D eigenvalue weighted by Crippen LogP contribution is 2.24.